The molecule has 0 aliphatic heterocycles. The molecule has 5 nitrogen and oxygen atoms in total. The normalized spacial score (nSPS) is 11.7. The molecule has 0 heterocycles. The third-order valence-electron chi connectivity index (χ3n) is 4.13. The first-order chi connectivity index (χ1) is 13.8. The van der Waals surface area contributed by atoms with Crippen molar-refractivity contribution in [2.45, 2.75) is 18.9 Å². The molecule has 3 aromatic rings. The topological polar surface area (TPSA) is 101 Å². The lowest BCUT2D eigenvalue weighted by Gasteiger charge is -2.14. The van der Waals surface area contributed by atoms with E-state index in [0.717, 1.165) is 29.2 Å². The highest BCUT2D eigenvalue weighted by atomic mass is 19.1. The summed E-state index contributed by atoms with van der Waals surface area (Å²) < 4.78 is 13.5. The second kappa shape index (κ2) is 10.7. The van der Waals surface area contributed by atoms with E-state index in [1.807, 2.05) is 42.5 Å². The summed E-state index contributed by atoms with van der Waals surface area (Å²) in [5.41, 5.74) is 8.61. The van der Waals surface area contributed by atoms with Crippen LogP contribution in [0.2, 0.25) is 0 Å². The molecule has 0 spiro atoms. The van der Waals surface area contributed by atoms with E-state index in [1.54, 1.807) is 6.07 Å². The van der Waals surface area contributed by atoms with Gasteiger partial charge in [0.05, 0.1) is 0 Å². The smallest absolute Gasteiger partial charge is 0.328 e. The summed E-state index contributed by atoms with van der Waals surface area (Å²) in [4.78, 5) is 19.1. The molecule has 1 unspecified atom stereocenters. The second-order valence-electron chi connectivity index (χ2n) is 6.45. The molecule has 3 aromatic carbocycles. The summed E-state index contributed by atoms with van der Waals surface area (Å²) >= 11 is 0. The van der Waals surface area contributed by atoms with E-state index in [4.69, 9.17) is 15.9 Å². The van der Waals surface area contributed by atoms with Gasteiger partial charge in [-0.1, -0.05) is 54.6 Å². The standard InChI is InChI=1S/C19H18FN.C4H4O4/c20-17-10-9-15-7-4-8-16(19(15)13-17)12-18(21)11-14-5-2-1-3-6-14;5-3(6)1-2-4(7)8/h1-10,13,18H,11-12,21H2;1-2H,(H,5,6)(H,7,8)/b;2-1+. The Hall–Kier alpha value is -3.51. The summed E-state index contributed by atoms with van der Waals surface area (Å²) in [6, 6.07) is 21.2. The fourth-order valence-electron chi connectivity index (χ4n) is 2.90. The third-order valence-corrected chi connectivity index (χ3v) is 4.13. The van der Waals surface area contributed by atoms with Gasteiger partial charge < -0.3 is 15.9 Å². The predicted molar refractivity (Wildman–Crippen MR) is 110 cm³/mol. The third kappa shape index (κ3) is 7.56. The fraction of sp³-hybridized carbons (Fsp3) is 0.130. The van der Waals surface area contributed by atoms with Crippen LogP contribution in [0, 0.1) is 5.82 Å². The summed E-state index contributed by atoms with van der Waals surface area (Å²) in [7, 11) is 0. The maximum Gasteiger partial charge on any atom is 0.328 e. The van der Waals surface area contributed by atoms with Crippen LogP contribution in [-0.4, -0.2) is 28.2 Å². The van der Waals surface area contributed by atoms with Gasteiger partial charge in [0.15, 0.2) is 0 Å². The van der Waals surface area contributed by atoms with E-state index >= 15 is 0 Å². The van der Waals surface area contributed by atoms with Crippen molar-refractivity contribution in [2.24, 2.45) is 5.73 Å². The van der Waals surface area contributed by atoms with Gasteiger partial charge in [-0.15, -0.1) is 0 Å². The summed E-state index contributed by atoms with van der Waals surface area (Å²) in [6.45, 7) is 0. The van der Waals surface area contributed by atoms with Crippen molar-refractivity contribution < 1.29 is 24.2 Å². The van der Waals surface area contributed by atoms with Crippen molar-refractivity contribution in [2.75, 3.05) is 0 Å². The highest BCUT2D eigenvalue weighted by Crippen LogP contribution is 2.21. The molecule has 0 bridgehead atoms. The lowest BCUT2D eigenvalue weighted by molar-refractivity contribution is -0.134. The van der Waals surface area contributed by atoms with Crippen LogP contribution in [0.25, 0.3) is 10.8 Å². The van der Waals surface area contributed by atoms with Crippen LogP contribution in [0.1, 0.15) is 11.1 Å². The molecule has 29 heavy (non-hydrogen) atoms. The van der Waals surface area contributed by atoms with Gasteiger partial charge in [-0.05, 0) is 46.9 Å². The maximum absolute atomic E-state index is 13.5. The number of carbonyl (C=O) groups is 2. The molecule has 0 aliphatic rings. The quantitative estimate of drug-likeness (QED) is 0.551. The van der Waals surface area contributed by atoms with Crippen LogP contribution in [0.15, 0.2) is 78.9 Å². The molecule has 0 radical (unpaired) electrons. The van der Waals surface area contributed by atoms with Crippen LogP contribution >= 0.6 is 0 Å². The van der Waals surface area contributed by atoms with Gasteiger partial charge in [0.1, 0.15) is 5.82 Å². The number of halogens is 1. The zero-order chi connectivity index (χ0) is 21.2. The van der Waals surface area contributed by atoms with Gasteiger partial charge in [-0.25, -0.2) is 14.0 Å². The molecule has 1 atom stereocenters. The van der Waals surface area contributed by atoms with E-state index in [2.05, 4.69) is 12.1 Å². The fourth-order valence-corrected chi connectivity index (χ4v) is 2.90. The predicted octanol–water partition coefficient (Wildman–Crippen LogP) is 3.80. The maximum atomic E-state index is 13.5. The molecule has 0 aliphatic carbocycles. The second-order valence-corrected chi connectivity index (χ2v) is 6.45. The highest BCUT2D eigenvalue weighted by Gasteiger charge is 2.09. The number of rotatable bonds is 6. The largest absolute Gasteiger partial charge is 0.478 e. The number of hydrogen-bond acceptors (Lipinski definition) is 3. The molecule has 0 aromatic heterocycles. The number of fused-ring (bicyclic) bond motifs is 1. The minimum absolute atomic E-state index is 0.0290. The van der Waals surface area contributed by atoms with Gasteiger partial charge >= 0.3 is 11.9 Å². The van der Waals surface area contributed by atoms with E-state index in [0.29, 0.717) is 12.2 Å². The van der Waals surface area contributed by atoms with Crippen LogP contribution in [-0.2, 0) is 22.4 Å². The number of nitrogens with two attached hydrogens (primary N) is 1. The molecule has 3 rings (SSSR count). The number of carboxylic acids is 2. The number of aliphatic carboxylic acids is 2. The SMILES string of the molecule is NC(Cc1ccccc1)Cc1cccc2ccc(F)cc12.O=C(O)/C=C/C(=O)O. The number of carboxylic acid groups (broad SMARTS) is 2. The Kier molecular flexibility index (Phi) is 8.06. The Labute approximate surface area is 167 Å². The Morgan fingerprint density at radius 1 is 0.897 bits per heavy atom. The first-order valence-corrected chi connectivity index (χ1v) is 8.95. The first-order valence-electron chi connectivity index (χ1n) is 8.95. The van der Waals surface area contributed by atoms with Crippen LogP contribution in [0.4, 0.5) is 4.39 Å². The molecule has 150 valence electrons. The summed E-state index contributed by atoms with van der Waals surface area (Å²) in [5.74, 6) is -2.72. The van der Waals surface area contributed by atoms with Crippen LogP contribution in [0.5, 0.6) is 0 Å². The summed E-state index contributed by atoms with van der Waals surface area (Å²) in [6.07, 6.45) is 2.69. The Bertz CT molecular complexity index is 986. The number of hydrogen-bond donors (Lipinski definition) is 3. The van der Waals surface area contributed by atoms with E-state index in [-0.39, 0.29) is 11.9 Å². The molecule has 0 amide bonds. The average molecular weight is 395 g/mol. The summed E-state index contributed by atoms with van der Waals surface area (Å²) in [5, 5.41) is 17.6. The number of benzene rings is 3. The van der Waals surface area contributed by atoms with Gasteiger partial charge in [-0.3, -0.25) is 0 Å². The van der Waals surface area contributed by atoms with Crippen molar-refractivity contribution in [3.05, 3.63) is 95.8 Å². The molecule has 6 heteroatoms. The minimum atomic E-state index is -1.26. The molecule has 0 saturated heterocycles. The zero-order valence-electron chi connectivity index (χ0n) is 15.7. The molecule has 0 fully saturated rings. The van der Waals surface area contributed by atoms with Gasteiger partial charge in [0.25, 0.3) is 0 Å². The Balaban J connectivity index is 0.000000321. The van der Waals surface area contributed by atoms with Gasteiger partial charge in [-0.2, -0.15) is 0 Å². The monoisotopic (exact) mass is 395 g/mol. The lowest BCUT2D eigenvalue weighted by Crippen LogP contribution is -2.25. The van der Waals surface area contributed by atoms with Crippen LogP contribution in [0.3, 0.4) is 0 Å². The van der Waals surface area contributed by atoms with Crippen molar-refractivity contribution in [3.63, 3.8) is 0 Å². The molecule has 0 saturated carbocycles. The average Bonchev–Trinajstić information content (AvgIpc) is 2.68. The van der Waals surface area contributed by atoms with Gasteiger partial charge in [0.2, 0.25) is 0 Å². The van der Waals surface area contributed by atoms with Crippen molar-refractivity contribution in [1.82, 2.24) is 0 Å². The molecular weight excluding hydrogens is 373 g/mol. The van der Waals surface area contributed by atoms with E-state index in [1.165, 1.54) is 11.6 Å². The molecule has 4 N–H and O–H groups in total. The Morgan fingerprint density at radius 3 is 2.17 bits per heavy atom. The lowest BCUT2D eigenvalue weighted by atomic mass is 9.96. The Morgan fingerprint density at radius 2 is 1.55 bits per heavy atom. The van der Waals surface area contributed by atoms with Crippen molar-refractivity contribution in [1.29, 1.82) is 0 Å². The van der Waals surface area contributed by atoms with Crippen molar-refractivity contribution in [3.8, 4) is 0 Å². The van der Waals surface area contributed by atoms with E-state index in [9.17, 15) is 14.0 Å². The van der Waals surface area contributed by atoms with Gasteiger partial charge in [0, 0.05) is 18.2 Å². The molecular formula is C23H22FNO4. The first kappa shape index (κ1) is 21.8. The minimum Gasteiger partial charge on any atom is -0.478 e. The zero-order valence-corrected chi connectivity index (χ0v) is 15.7. The van der Waals surface area contributed by atoms with E-state index < -0.39 is 11.9 Å². The van der Waals surface area contributed by atoms with Crippen molar-refractivity contribution >= 4 is 22.7 Å². The highest BCUT2D eigenvalue weighted by molar-refractivity contribution is 5.89. The van der Waals surface area contributed by atoms with Crippen LogP contribution < -0.4 is 5.73 Å².